The minimum Gasteiger partial charge on any atom is -0.474 e. The second-order valence-electron chi connectivity index (χ2n) is 5.05. The van der Waals surface area contributed by atoms with Crippen LogP contribution in [0.3, 0.4) is 0 Å². The summed E-state index contributed by atoms with van der Waals surface area (Å²) >= 11 is 0. The zero-order chi connectivity index (χ0) is 13.5. The van der Waals surface area contributed by atoms with Crippen molar-refractivity contribution in [1.29, 1.82) is 0 Å². The third-order valence-electron chi connectivity index (χ3n) is 3.58. The van der Waals surface area contributed by atoms with Gasteiger partial charge in [-0.05, 0) is 37.4 Å². The Labute approximate surface area is 115 Å². The van der Waals surface area contributed by atoms with Gasteiger partial charge in [0.15, 0.2) is 0 Å². The molecule has 4 nitrogen and oxygen atoms in total. The summed E-state index contributed by atoms with van der Waals surface area (Å²) in [5.74, 6) is 0.733. The van der Waals surface area contributed by atoms with E-state index in [2.05, 4.69) is 17.2 Å². The summed E-state index contributed by atoms with van der Waals surface area (Å²) in [6, 6.07) is 4.05. The van der Waals surface area contributed by atoms with E-state index in [-0.39, 0.29) is 6.10 Å². The zero-order valence-electron chi connectivity index (χ0n) is 11.9. The third kappa shape index (κ3) is 4.48. The molecule has 1 aliphatic carbocycles. The van der Waals surface area contributed by atoms with Crippen molar-refractivity contribution in [3.63, 3.8) is 0 Å². The molecule has 2 rings (SSSR count). The molecular weight excluding hydrogens is 240 g/mol. The molecule has 2 unspecified atom stereocenters. The van der Waals surface area contributed by atoms with Crippen LogP contribution in [0.4, 0.5) is 0 Å². The quantitative estimate of drug-likeness (QED) is 0.857. The van der Waals surface area contributed by atoms with Crippen molar-refractivity contribution in [3.8, 4) is 5.88 Å². The topological polar surface area (TPSA) is 43.4 Å². The number of nitrogens with one attached hydrogen (secondary N) is 1. The molecule has 0 saturated heterocycles. The summed E-state index contributed by atoms with van der Waals surface area (Å²) in [4.78, 5) is 4.30. The van der Waals surface area contributed by atoms with Crippen LogP contribution < -0.4 is 10.1 Å². The van der Waals surface area contributed by atoms with Crippen molar-refractivity contribution in [3.05, 3.63) is 23.9 Å². The maximum Gasteiger partial charge on any atom is 0.213 e. The summed E-state index contributed by atoms with van der Waals surface area (Å²) in [6.07, 6.45) is 6.77. The van der Waals surface area contributed by atoms with Crippen LogP contribution >= 0.6 is 0 Å². The number of rotatable bonds is 6. The van der Waals surface area contributed by atoms with Crippen LogP contribution in [-0.4, -0.2) is 30.8 Å². The van der Waals surface area contributed by atoms with E-state index in [1.165, 1.54) is 12.0 Å². The molecular formula is C15H24N2O2. The molecule has 19 heavy (non-hydrogen) atoms. The van der Waals surface area contributed by atoms with Gasteiger partial charge in [-0.3, -0.25) is 0 Å². The van der Waals surface area contributed by atoms with E-state index in [0.29, 0.717) is 6.10 Å². The molecule has 0 aliphatic heterocycles. The molecule has 4 heteroatoms. The SMILES string of the molecule is CCNCc1ccnc(OC2CCCC(OC)C2)c1. The Morgan fingerprint density at radius 2 is 2.21 bits per heavy atom. The molecule has 1 aliphatic rings. The molecule has 0 amide bonds. The molecule has 1 N–H and O–H groups in total. The standard InChI is InChI=1S/C15H24N2O2/c1-3-16-11-12-7-8-17-15(9-12)19-14-6-4-5-13(10-14)18-2/h7-9,13-14,16H,3-6,10-11H2,1-2H3. The summed E-state index contributed by atoms with van der Waals surface area (Å²) in [5.41, 5.74) is 1.21. The van der Waals surface area contributed by atoms with Crippen LogP contribution in [-0.2, 0) is 11.3 Å². The highest BCUT2D eigenvalue weighted by Gasteiger charge is 2.23. The van der Waals surface area contributed by atoms with Gasteiger partial charge in [0.1, 0.15) is 6.10 Å². The highest BCUT2D eigenvalue weighted by atomic mass is 16.5. The number of hydrogen-bond donors (Lipinski definition) is 1. The lowest BCUT2D eigenvalue weighted by atomic mass is 9.95. The highest BCUT2D eigenvalue weighted by Crippen LogP contribution is 2.24. The van der Waals surface area contributed by atoms with E-state index < -0.39 is 0 Å². The zero-order valence-corrected chi connectivity index (χ0v) is 11.9. The van der Waals surface area contributed by atoms with Crippen molar-refractivity contribution in [1.82, 2.24) is 10.3 Å². The van der Waals surface area contributed by atoms with Gasteiger partial charge in [-0.2, -0.15) is 0 Å². The number of nitrogens with zero attached hydrogens (tertiary/aromatic N) is 1. The smallest absolute Gasteiger partial charge is 0.213 e. The van der Waals surface area contributed by atoms with E-state index in [4.69, 9.17) is 9.47 Å². The molecule has 1 aromatic rings. The van der Waals surface area contributed by atoms with E-state index in [1.807, 2.05) is 18.3 Å². The summed E-state index contributed by atoms with van der Waals surface area (Å²) in [7, 11) is 1.78. The van der Waals surface area contributed by atoms with Crippen molar-refractivity contribution in [2.24, 2.45) is 0 Å². The Morgan fingerprint density at radius 3 is 3.00 bits per heavy atom. The first-order valence-electron chi connectivity index (χ1n) is 7.17. The summed E-state index contributed by atoms with van der Waals surface area (Å²) < 4.78 is 11.4. The Kier molecular flexibility index (Phi) is 5.61. The molecule has 0 bridgehead atoms. The first kappa shape index (κ1) is 14.3. The predicted molar refractivity (Wildman–Crippen MR) is 75.3 cm³/mol. The lowest BCUT2D eigenvalue weighted by molar-refractivity contribution is 0.0195. The van der Waals surface area contributed by atoms with Gasteiger partial charge in [-0.25, -0.2) is 4.98 Å². The molecule has 1 heterocycles. The second-order valence-corrected chi connectivity index (χ2v) is 5.05. The Balaban J connectivity index is 1.90. The van der Waals surface area contributed by atoms with Crippen molar-refractivity contribution >= 4 is 0 Å². The van der Waals surface area contributed by atoms with Gasteiger partial charge in [0.2, 0.25) is 5.88 Å². The van der Waals surface area contributed by atoms with Gasteiger partial charge in [0, 0.05) is 32.3 Å². The number of hydrogen-bond acceptors (Lipinski definition) is 4. The van der Waals surface area contributed by atoms with Gasteiger partial charge in [0.05, 0.1) is 6.10 Å². The van der Waals surface area contributed by atoms with E-state index >= 15 is 0 Å². The third-order valence-corrected chi connectivity index (χ3v) is 3.58. The van der Waals surface area contributed by atoms with E-state index in [1.54, 1.807) is 7.11 Å². The van der Waals surface area contributed by atoms with Crippen LogP contribution in [0.1, 0.15) is 38.2 Å². The lowest BCUT2D eigenvalue weighted by Crippen LogP contribution is -2.29. The van der Waals surface area contributed by atoms with Crippen LogP contribution in [0, 0.1) is 0 Å². The van der Waals surface area contributed by atoms with Crippen LogP contribution in [0.25, 0.3) is 0 Å². The molecule has 0 spiro atoms. The molecule has 1 saturated carbocycles. The minimum absolute atomic E-state index is 0.237. The molecule has 0 radical (unpaired) electrons. The minimum atomic E-state index is 0.237. The van der Waals surface area contributed by atoms with E-state index in [0.717, 1.165) is 38.2 Å². The Morgan fingerprint density at radius 1 is 1.37 bits per heavy atom. The maximum atomic E-state index is 5.99. The number of aromatic nitrogens is 1. The van der Waals surface area contributed by atoms with Crippen LogP contribution in [0.15, 0.2) is 18.3 Å². The monoisotopic (exact) mass is 264 g/mol. The summed E-state index contributed by atoms with van der Waals surface area (Å²) in [6.45, 7) is 3.93. The van der Waals surface area contributed by atoms with Crippen molar-refractivity contribution in [2.45, 2.75) is 51.4 Å². The fourth-order valence-corrected chi connectivity index (χ4v) is 2.49. The molecule has 2 atom stereocenters. The molecule has 0 aromatic carbocycles. The first-order chi connectivity index (χ1) is 9.31. The fraction of sp³-hybridized carbons (Fsp3) is 0.667. The molecule has 106 valence electrons. The predicted octanol–water partition coefficient (Wildman–Crippen LogP) is 2.53. The number of ether oxygens (including phenoxy) is 2. The van der Waals surface area contributed by atoms with Gasteiger partial charge >= 0.3 is 0 Å². The van der Waals surface area contributed by atoms with Gasteiger partial charge < -0.3 is 14.8 Å². The van der Waals surface area contributed by atoms with Crippen LogP contribution in [0.5, 0.6) is 5.88 Å². The second kappa shape index (κ2) is 7.46. The van der Waals surface area contributed by atoms with E-state index in [9.17, 15) is 0 Å². The fourth-order valence-electron chi connectivity index (χ4n) is 2.49. The normalized spacial score (nSPS) is 23.3. The first-order valence-corrected chi connectivity index (χ1v) is 7.17. The van der Waals surface area contributed by atoms with Crippen LogP contribution in [0.2, 0.25) is 0 Å². The molecule has 1 fully saturated rings. The van der Waals surface area contributed by atoms with Gasteiger partial charge in [0.25, 0.3) is 0 Å². The number of methoxy groups -OCH3 is 1. The largest absolute Gasteiger partial charge is 0.474 e. The average molecular weight is 264 g/mol. The Bertz CT molecular complexity index is 384. The average Bonchev–Trinajstić information content (AvgIpc) is 2.46. The van der Waals surface area contributed by atoms with Crippen molar-refractivity contribution in [2.75, 3.05) is 13.7 Å². The summed E-state index contributed by atoms with van der Waals surface area (Å²) in [5, 5.41) is 3.31. The maximum absolute atomic E-state index is 5.99. The van der Waals surface area contributed by atoms with Crippen molar-refractivity contribution < 1.29 is 9.47 Å². The van der Waals surface area contributed by atoms with Gasteiger partial charge in [-0.15, -0.1) is 0 Å². The molecule has 1 aromatic heterocycles. The Hall–Kier alpha value is -1.13. The number of pyridine rings is 1. The highest BCUT2D eigenvalue weighted by molar-refractivity contribution is 5.20. The lowest BCUT2D eigenvalue weighted by Gasteiger charge is -2.28. The van der Waals surface area contributed by atoms with Gasteiger partial charge in [-0.1, -0.05) is 6.92 Å².